The first-order chi connectivity index (χ1) is 16.7. The molecule has 1 aromatic carbocycles. The molecule has 0 saturated heterocycles. The van der Waals surface area contributed by atoms with Crippen LogP contribution in [0.4, 0.5) is 0 Å². The number of hydrogen-bond acceptors (Lipinski definition) is 10. The summed E-state index contributed by atoms with van der Waals surface area (Å²) in [6, 6.07) is 5.60. The molecule has 0 saturated carbocycles. The van der Waals surface area contributed by atoms with Crippen LogP contribution in [-0.2, 0) is 44.7 Å². The van der Waals surface area contributed by atoms with Crippen LogP contribution in [-0.4, -0.2) is 62.4 Å². The Morgan fingerprint density at radius 3 is 1.66 bits per heavy atom. The first-order valence-electron chi connectivity index (χ1n) is 12.0. The summed E-state index contributed by atoms with van der Waals surface area (Å²) >= 11 is 0. The molecule has 0 aliphatic rings. The highest BCUT2D eigenvalue weighted by molar-refractivity contribution is 5.83. The fourth-order valence-electron chi connectivity index (χ4n) is 3.27. The molecule has 3 unspecified atom stereocenters. The van der Waals surface area contributed by atoms with Gasteiger partial charge in [0.05, 0.1) is 39.3 Å². The van der Waals surface area contributed by atoms with Crippen molar-refractivity contribution in [3.05, 3.63) is 35.4 Å². The maximum Gasteiger partial charge on any atom is 0.323 e. The van der Waals surface area contributed by atoms with Crippen LogP contribution >= 0.6 is 0 Å². The van der Waals surface area contributed by atoms with E-state index in [0.29, 0.717) is 6.54 Å². The molecule has 1 rings (SSSR count). The van der Waals surface area contributed by atoms with Gasteiger partial charge >= 0.3 is 23.9 Å². The number of benzene rings is 1. The summed E-state index contributed by atoms with van der Waals surface area (Å²) in [5, 5.41) is 6.19. The number of rotatable bonds is 16. The van der Waals surface area contributed by atoms with Gasteiger partial charge in [-0.05, 0) is 45.7 Å². The topological polar surface area (TPSA) is 129 Å². The van der Waals surface area contributed by atoms with Gasteiger partial charge in [-0.1, -0.05) is 24.3 Å². The Morgan fingerprint density at radius 1 is 0.714 bits per heavy atom. The van der Waals surface area contributed by atoms with Gasteiger partial charge in [-0.25, -0.2) is 0 Å². The molecule has 0 aliphatic heterocycles. The standard InChI is InChI=1S/C25H38N2O8/c1-6-32-22(28)14-20(24(30)34-8-3)26-16-18-10-12-19(13-11-18)17(5)27-21(25(31)35-9-4)15-23(29)33-7-2/h10-13,17,20-21,26-27H,6-9,14-16H2,1-5H3. The van der Waals surface area contributed by atoms with E-state index in [1.54, 1.807) is 27.7 Å². The average molecular weight is 495 g/mol. The van der Waals surface area contributed by atoms with Crippen molar-refractivity contribution in [2.75, 3.05) is 26.4 Å². The maximum absolute atomic E-state index is 12.3. The second-order valence-electron chi connectivity index (χ2n) is 7.64. The third-order valence-electron chi connectivity index (χ3n) is 4.98. The third kappa shape index (κ3) is 11.3. The number of carbonyl (C=O) groups excluding carboxylic acids is 4. The minimum absolute atomic E-state index is 0.124. The molecule has 0 spiro atoms. The SMILES string of the molecule is CCOC(=O)CC(NCc1ccc(C(C)NC(CC(=O)OCC)C(=O)OCC)cc1)C(=O)OCC. The molecular formula is C25H38N2O8. The molecule has 0 aromatic heterocycles. The molecule has 2 N–H and O–H groups in total. The van der Waals surface area contributed by atoms with Crippen molar-refractivity contribution in [2.24, 2.45) is 0 Å². The molecule has 0 aliphatic carbocycles. The van der Waals surface area contributed by atoms with E-state index in [1.165, 1.54) is 0 Å². The van der Waals surface area contributed by atoms with Gasteiger partial charge in [-0.3, -0.25) is 29.8 Å². The lowest BCUT2D eigenvalue weighted by Crippen LogP contribution is -2.41. The smallest absolute Gasteiger partial charge is 0.323 e. The molecule has 1 aromatic rings. The number of hydrogen-bond donors (Lipinski definition) is 2. The quantitative estimate of drug-likeness (QED) is 0.261. The van der Waals surface area contributed by atoms with Gasteiger partial charge in [0, 0.05) is 12.6 Å². The molecule has 196 valence electrons. The monoisotopic (exact) mass is 494 g/mol. The van der Waals surface area contributed by atoms with Gasteiger partial charge in [-0.15, -0.1) is 0 Å². The van der Waals surface area contributed by atoms with Crippen LogP contribution in [0.15, 0.2) is 24.3 Å². The lowest BCUT2D eigenvalue weighted by molar-refractivity contribution is -0.152. The van der Waals surface area contributed by atoms with Crippen molar-refractivity contribution < 1.29 is 38.1 Å². The van der Waals surface area contributed by atoms with Crippen molar-refractivity contribution in [3.63, 3.8) is 0 Å². The highest BCUT2D eigenvalue weighted by atomic mass is 16.5. The van der Waals surface area contributed by atoms with E-state index in [-0.39, 0.29) is 45.3 Å². The zero-order chi connectivity index (χ0) is 26.2. The summed E-state index contributed by atoms with van der Waals surface area (Å²) in [6.45, 7) is 9.90. The molecule has 3 atom stereocenters. The van der Waals surface area contributed by atoms with Gasteiger partial charge in [0.1, 0.15) is 12.1 Å². The van der Waals surface area contributed by atoms with Crippen LogP contribution in [0.25, 0.3) is 0 Å². The third-order valence-corrected chi connectivity index (χ3v) is 4.98. The Morgan fingerprint density at radius 2 is 1.17 bits per heavy atom. The van der Waals surface area contributed by atoms with Gasteiger partial charge in [0.15, 0.2) is 0 Å². The highest BCUT2D eigenvalue weighted by Gasteiger charge is 2.26. The van der Waals surface area contributed by atoms with Gasteiger partial charge in [0.2, 0.25) is 0 Å². The molecule has 0 amide bonds. The normalized spacial score (nSPS) is 13.3. The lowest BCUT2D eigenvalue weighted by atomic mass is 10.0. The summed E-state index contributed by atoms with van der Waals surface area (Å²) in [4.78, 5) is 48.2. The maximum atomic E-state index is 12.3. The fraction of sp³-hybridized carbons (Fsp3) is 0.600. The van der Waals surface area contributed by atoms with Crippen molar-refractivity contribution in [1.82, 2.24) is 10.6 Å². The first kappa shape index (κ1) is 30.1. The van der Waals surface area contributed by atoms with E-state index in [9.17, 15) is 19.2 Å². The summed E-state index contributed by atoms with van der Waals surface area (Å²) in [5.74, 6) is -1.99. The van der Waals surface area contributed by atoms with E-state index < -0.39 is 36.0 Å². The number of nitrogens with one attached hydrogen (secondary N) is 2. The minimum Gasteiger partial charge on any atom is -0.466 e. The van der Waals surface area contributed by atoms with E-state index in [1.807, 2.05) is 31.2 Å². The van der Waals surface area contributed by atoms with Crippen molar-refractivity contribution in [3.8, 4) is 0 Å². The van der Waals surface area contributed by atoms with E-state index in [0.717, 1.165) is 11.1 Å². The van der Waals surface area contributed by atoms with Crippen LogP contribution < -0.4 is 10.6 Å². The van der Waals surface area contributed by atoms with Crippen LogP contribution in [0.1, 0.15) is 64.6 Å². The van der Waals surface area contributed by atoms with Gasteiger partial charge in [-0.2, -0.15) is 0 Å². The van der Waals surface area contributed by atoms with Crippen LogP contribution in [0.2, 0.25) is 0 Å². The van der Waals surface area contributed by atoms with Crippen molar-refractivity contribution in [2.45, 2.75) is 72.1 Å². The predicted molar refractivity (Wildman–Crippen MR) is 128 cm³/mol. The van der Waals surface area contributed by atoms with Crippen LogP contribution in [0.3, 0.4) is 0 Å². The molecule has 35 heavy (non-hydrogen) atoms. The van der Waals surface area contributed by atoms with E-state index >= 15 is 0 Å². The van der Waals surface area contributed by atoms with E-state index in [4.69, 9.17) is 18.9 Å². The zero-order valence-electron chi connectivity index (χ0n) is 21.3. The molecule has 0 bridgehead atoms. The van der Waals surface area contributed by atoms with Gasteiger partial charge in [0.25, 0.3) is 0 Å². The fourth-order valence-corrected chi connectivity index (χ4v) is 3.27. The van der Waals surface area contributed by atoms with Crippen LogP contribution in [0, 0.1) is 0 Å². The lowest BCUT2D eigenvalue weighted by Gasteiger charge is -2.22. The molecule has 0 radical (unpaired) electrons. The molecule has 10 nitrogen and oxygen atoms in total. The Labute approximate surface area is 207 Å². The van der Waals surface area contributed by atoms with Crippen molar-refractivity contribution in [1.29, 1.82) is 0 Å². The Bertz CT molecular complexity index is 812. The number of carbonyl (C=O) groups is 4. The molecule has 10 heteroatoms. The van der Waals surface area contributed by atoms with Crippen molar-refractivity contribution >= 4 is 23.9 Å². The summed E-state index contributed by atoms with van der Waals surface area (Å²) < 4.78 is 20.0. The Kier molecular flexibility index (Phi) is 14.3. The number of esters is 4. The number of ether oxygens (including phenoxy) is 4. The zero-order valence-corrected chi connectivity index (χ0v) is 21.3. The summed E-state index contributed by atoms with van der Waals surface area (Å²) in [5.41, 5.74) is 1.77. The Hall–Kier alpha value is -2.98. The predicted octanol–water partition coefficient (Wildman–Crippen LogP) is 2.20. The molecular weight excluding hydrogens is 456 g/mol. The minimum atomic E-state index is -0.835. The summed E-state index contributed by atoms with van der Waals surface area (Å²) in [6.07, 6.45) is -0.254. The largest absolute Gasteiger partial charge is 0.466 e. The highest BCUT2D eigenvalue weighted by Crippen LogP contribution is 2.16. The average Bonchev–Trinajstić information content (AvgIpc) is 2.82. The second kappa shape index (κ2) is 16.6. The Balaban J connectivity index is 2.80. The summed E-state index contributed by atoms with van der Waals surface area (Å²) in [7, 11) is 0. The molecule has 0 heterocycles. The van der Waals surface area contributed by atoms with Gasteiger partial charge < -0.3 is 18.9 Å². The second-order valence-corrected chi connectivity index (χ2v) is 7.64. The van der Waals surface area contributed by atoms with Crippen LogP contribution in [0.5, 0.6) is 0 Å². The first-order valence-corrected chi connectivity index (χ1v) is 12.0. The molecule has 0 fully saturated rings. The van der Waals surface area contributed by atoms with E-state index in [2.05, 4.69) is 10.6 Å².